The smallest absolute Gasteiger partial charge is 0.132 e. The molecule has 0 N–H and O–H groups in total. The van der Waals surface area contributed by atoms with E-state index in [-0.39, 0.29) is 5.82 Å². The van der Waals surface area contributed by atoms with E-state index in [0.717, 1.165) is 27.2 Å². The highest BCUT2D eigenvalue weighted by Crippen LogP contribution is 2.24. The van der Waals surface area contributed by atoms with Gasteiger partial charge in [-0.15, -0.1) is 0 Å². The number of pyridine rings is 1. The highest BCUT2D eigenvalue weighted by atomic mass is 79.9. The number of rotatable bonds is 3. The van der Waals surface area contributed by atoms with Crippen LogP contribution in [-0.4, -0.2) is 23.5 Å². The van der Waals surface area contributed by atoms with Crippen LogP contribution in [0.1, 0.15) is 11.4 Å². The zero-order valence-electron chi connectivity index (χ0n) is 11.8. The van der Waals surface area contributed by atoms with Crippen LogP contribution in [-0.2, 0) is 6.42 Å². The maximum atomic E-state index is 13.0. The van der Waals surface area contributed by atoms with E-state index in [9.17, 15) is 4.39 Å². The van der Waals surface area contributed by atoms with Crippen LogP contribution >= 0.6 is 15.9 Å². The third-order valence-electron chi connectivity index (χ3n) is 3.45. The standard InChI is InChI=1S/C16H15BrFN3/c1-20(2)13-7-8-21-14(10-13)16(17)19-15(21)9-11-3-5-12(18)6-4-11/h3-8,10H,9H2,1-2H3. The Hall–Kier alpha value is -1.88. The maximum absolute atomic E-state index is 13.0. The highest BCUT2D eigenvalue weighted by molar-refractivity contribution is 9.10. The summed E-state index contributed by atoms with van der Waals surface area (Å²) in [5, 5.41) is 0. The molecule has 0 bridgehead atoms. The fraction of sp³-hybridized carbons (Fsp3) is 0.188. The minimum Gasteiger partial charge on any atom is -0.378 e. The molecule has 3 rings (SSSR count). The van der Waals surface area contributed by atoms with Crippen LogP contribution in [0.25, 0.3) is 5.52 Å². The molecule has 0 radical (unpaired) electrons. The fourth-order valence-electron chi connectivity index (χ4n) is 2.29. The van der Waals surface area contributed by atoms with Gasteiger partial charge in [-0.3, -0.25) is 0 Å². The van der Waals surface area contributed by atoms with Gasteiger partial charge in [0.15, 0.2) is 0 Å². The molecule has 0 saturated heterocycles. The summed E-state index contributed by atoms with van der Waals surface area (Å²) in [5.41, 5.74) is 3.18. The number of benzene rings is 1. The Bertz CT molecular complexity index is 778. The zero-order valence-corrected chi connectivity index (χ0v) is 13.4. The minimum absolute atomic E-state index is 0.219. The number of nitrogens with zero attached hydrogens (tertiary/aromatic N) is 3. The van der Waals surface area contributed by atoms with E-state index in [0.29, 0.717) is 6.42 Å². The van der Waals surface area contributed by atoms with Gasteiger partial charge in [0.25, 0.3) is 0 Å². The van der Waals surface area contributed by atoms with Gasteiger partial charge in [0, 0.05) is 32.4 Å². The average Bonchev–Trinajstić information content (AvgIpc) is 2.77. The first-order chi connectivity index (χ1) is 10.0. The third-order valence-corrected chi connectivity index (χ3v) is 4.03. The van der Waals surface area contributed by atoms with Crippen LogP contribution in [0.4, 0.5) is 10.1 Å². The average molecular weight is 348 g/mol. The van der Waals surface area contributed by atoms with Crippen LogP contribution in [0.15, 0.2) is 47.2 Å². The molecule has 0 atom stereocenters. The molecule has 0 unspecified atom stereocenters. The lowest BCUT2D eigenvalue weighted by atomic mass is 10.1. The Morgan fingerprint density at radius 3 is 2.57 bits per heavy atom. The molecule has 2 heterocycles. The molecule has 0 aliphatic carbocycles. The first-order valence-corrected chi connectivity index (χ1v) is 7.42. The molecule has 21 heavy (non-hydrogen) atoms. The van der Waals surface area contributed by atoms with Crippen molar-refractivity contribution in [3.05, 3.63) is 64.4 Å². The van der Waals surface area contributed by atoms with Gasteiger partial charge < -0.3 is 9.30 Å². The van der Waals surface area contributed by atoms with Gasteiger partial charge in [-0.25, -0.2) is 9.37 Å². The van der Waals surface area contributed by atoms with E-state index in [2.05, 4.69) is 42.3 Å². The molecule has 3 aromatic rings. The summed E-state index contributed by atoms with van der Waals surface area (Å²) in [6.07, 6.45) is 2.68. The second-order valence-electron chi connectivity index (χ2n) is 5.16. The van der Waals surface area contributed by atoms with Crippen molar-refractivity contribution in [2.75, 3.05) is 19.0 Å². The minimum atomic E-state index is -0.219. The lowest BCUT2D eigenvalue weighted by Gasteiger charge is -2.12. The van der Waals surface area contributed by atoms with E-state index < -0.39 is 0 Å². The SMILES string of the molecule is CN(C)c1ccn2c(Cc3ccc(F)cc3)nc(Br)c2c1. The molecule has 2 aromatic heterocycles. The normalized spacial score (nSPS) is 11.0. The van der Waals surface area contributed by atoms with Crippen molar-refractivity contribution in [1.82, 2.24) is 9.38 Å². The fourth-order valence-corrected chi connectivity index (χ4v) is 2.80. The topological polar surface area (TPSA) is 20.5 Å². The Labute approximate surface area is 131 Å². The van der Waals surface area contributed by atoms with Crippen LogP contribution in [0.5, 0.6) is 0 Å². The van der Waals surface area contributed by atoms with Crippen molar-refractivity contribution in [1.29, 1.82) is 0 Å². The predicted octanol–water partition coefficient (Wildman–Crippen LogP) is 3.89. The number of hydrogen-bond donors (Lipinski definition) is 0. The Kier molecular flexibility index (Phi) is 3.68. The number of halogens is 2. The second-order valence-corrected chi connectivity index (χ2v) is 5.91. The molecule has 0 aliphatic rings. The van der Waals surface area contributed by atoms with Crippen molar-refractivity contribution in [3.63, 3.8) is 0 Å². The molecule has 5 heteroatoms. The molecule has 3 nitrogen and oxygen atoms in total. The monoisotopic (exact) mass is 347 g/mol. The Balaban J connectivity index is 2.01. The first kappa shape index (κ1) is 14.1. The third kappa shape index (κ3) is 2.78. The molecule has 0 aliphatic heterocycles. The summed E-state index contributed by atoms with van der Waals surface area (Å²) in [4.78, 5) is 6.63. The van der Waals surface area contributed by atoms with E-state index in [1.54, 1.807) is 12.1 Å². The summed E-state index contributed by atoms with van der Waals surface area (Å²) < 4.78 is 15.8. The van der Waals surface area contributed by atoms with Gasteiger partial charge in [-0.2, -0.15) is 0 Å². The number of aromatic nitrogens is 2. The van der Waals surface area contributed by atoms with E-state index in [4.69, 9.17) is 0 Å². The summed E-state index contributed by atoms with van der Waals surface area (Å²) in [6, 6.07) is 10.7. The van der Waals surface area contributed by atoms with Gasteiger partial charge in [0.2, 0.25) is 0 Å². The van der Waals surface area contributed by atoms with Crippen LogP contribution in [0.2, 0.25) is 0 Å². The number of anilines is 1. The van der Waals surface area contributed by atoms with E-state index in [1.807, 2.05) is 20.3 Å². The van der Waals surface area contributed by atoms with Gasteiger partial charge >= 0.3 is 0 Å². The molecule has 0 fully saturated rings. The molecular weight excluding hydrogens is 333 g/mol. The molecule has 0 saturated carbocycles. The summed E-state index contributed by atoms with van der Waals surface area (Å²) >= 11 is 3.52. The van der Waals surface area contributed by atoms with Crippen molar-refractivity contribution < 1.29 is 4.39 Å². The van der Waals surface area contributed by atoms with Crippen LogP contribution < -0.4 is 4.90 Å². The van der Waals surface area contributed by atoms with Crippen molar-refractivity contribution in [2.45, 2.75) is 6.42 Å². The number of hydrogen-bond acceptors (Lipinski definition) is 2. The van der Waals surface area contributed by atoms with Crippen LogP contribution in [0.3, 0.4) is 0 Å². The van der Waals surface area contributed by atoms with Gasteiger partial charge in [0.05, 0.1) is 5.52 Å². The van der Waals surface area contributed by atoms with Gasteiger partial charge in [-0.1, -0.05) is 12.1 Å². The number of imidazole rings is 1. The zero-order chi connectivity index (χ0) is 15.0. The first-order valence-electron chi connectivity index (χ1n) is 6.63. The molecule has 108 valence electrons. The van der Waals surface area contributed by atoms with Crippen molar-refractivity contribution in [2.24, 2.45) is 0 Å². The summed E-state index contributed by atoms with van der Waals surface area (Å²) in [5.74, 6) is 0.706. The summed E-state index contributed by atoms with van der Waals surface area (Å²) in [6.45, 7) is 0. The van der Waals surface area contributed by atoms with E-state index in [1.165, 1.54) is 12.1 Å². The largest absolute Gasteiger partial charge is 0.378 e. The van der Waals surface area contributed by atoms with Gasteiger partial charge in [-0.05, 0) is 45.8 Å². The second kappa shape index (κ2) is 5.48. The lowest BCUT2D eigenvalue weighted by molar-refractivity contribution is 0.627. The lowest BCUT2D eigenvalue weighted by Crippen LogP contribution is -2.08. The molecular formula is C16H15BrFN3. The van der Waals surface area contributed by atoms with E-state index >= 15 is 0 Å². The molecule has 0 amide bonds. The number of fused-ring (bicyclic) bond motifs is 1. The quantitative estimate of drug-likeness (QED) is 0.716. The Morgan fingerprint density at radius 2 is 1.90 bits per heavy atom. The van der Waals surface area contributed by atoms with Crippen molar-refractivity contribution in [3.8, 4) is 0 Å². The molecule has 1 aromatic carbocycles. The Morgan fingerprint density at radius 1 is 1.19 bits per heavy atom. The van der Waals surface area contributed by atoms with Crippen molar-refractivity contribution >= 4 is 27.1 Å². The van der Waals surface area contributed by atoms with Gasteiger partial charge in [0.1, 0.15) is 16.2 Å². The van der Waals surface area contributed by atoms with Crippen LogP contribution in [0, 0.1) is 5.82 Å². The molecule has 0 spiro atoms. The summed E-state index contributed by atoms with van der Waals surface area (Å²) in [7, 11) is 4.02. The highest BCUT2D eigenvalue weighted by Gasteiger charge is 2.11. The predicted molar refractivity (Wildman–Crippen MR) is 86.4 cm³/mol. The maximum Gasteiger partial charge on any atom is 0.132 e.